The van der Waals surface area contributed by atoms with Crippen LogP contribution in [-0.4, -0.2) is 35.1 Å². The van der Waals surface area contributed by atoms with Crippen LogP contribution in [-0.2, 0) is 27.7 Å². The van der Waals surface area contributed by atoms with Gasteiger partial charge in [-0.25, -0.2) is 8.42 Å². The normalized spacial score (nSPS) is 13.9. The molecule has 0 radical (unpaired) electrons. The molecule has 0 unspecified atom stereocenters. The fourth-order valence-corrected chi connectivity index (χ4v) is 5.97. The Kier molecular flexibility index (Phi) is 7.84. The van der Waals surface area contributed by atoms with Gasteiger partial charge in [0.15, 0.2) is 11.5 Å². The molecule has 190 valence electrons. The summed E-state index contributed by atoms with van der Waals surface area (Å²) in [4.78, 5) is 13.1. The van der Waals surface area contributed by atoms with E-state index >= 15 is 0 Å². The summed E-state index contributed by atoms with van der Waals surface area (Å²) in [5.41, 5.74) is 4.11. The Morgan fingerprint density at radius 3 is 2.31 bits per heavy atom. The second-order valence-electron chi connectivity index (χ2n) is 8.89. The highest BCUT2D eigenvalue weighted by molar-refractivity contribution is 7.92. The second kappa shape index (κ2) is 11.0. The summed E-state index contributed by atoms with van der Waals surface area (Å²) in [6, 6.07) is 19.1. The summed E-state index contributed by atoms with van der Waals surface area (Å²) in [5, 5.41) is 2.98. The maximum absolute atomic E-state index is 13.7. The lowest BCUT2D eigenvalue weighted by Gasteiger charge is -2.26. The van der Waals surface area contributed by atoms with Crippen LogP contribution < -0.4 is 19.1 Å². The van der Waals surface area contributed by atoms with Crippen LogP contribution in [0.3, 0.4) is 0 Å². The van der Waals surface area contributed by atoms with Crippen molar-refractivity contribution in [1.82, 2.24) is 5.32 Å². The first-order valence-electron chi connectivity index (χ1n) is 12.0. The number of amides is 1. The van der Waals surface area contributed by atoms with Crippen LogP contribution in [0.4, 0.5) is 5.69 Å². The molecule has 3 aromatic rings. The summed E-state index contributed by atoms with van der Waals surface area (Å²) in [7, 11) is -1.16. The maximum Gasteiger partial charge on any atom is 0.264 e. The smallest absolute Gasteiger partial charge is 0.264 e. The van der Waals surface area contributed by atoms with Crippen LogP contribution in [0.2, 0.25) is 0 Å². The molecule has 8 heteroatoms. The van der Waals surface area contributed by atoms with Crippen LogP contribution in [0.25, 0.3) is 0 Å². The molecule has 1 aliphatic carbocycles. The number of methoxy groups -OCH3 is 2. The van der Waals surface area contributed by atoms with Crippen LogP contribution in [0.5, 0.6) is 11.5 Å². The van der Waals surface area contributed by atoms with Crippen molar-refractivity contribution in [3.8, 4) is 11.5 Å². The van der Waals surface area contributed by atoms with Gasteiger partial charge in [0.2, 0.25) is 5.91 Å². The van der Waals surface area contributed by atoms with Gasteiger partial charge in [-0.2, -0.15) is 0 Å². The topological polar surface area (TPSA) is 84.9 Å². The second-order valence-corrected chi connectivity index (χ2v) is 10.8. The fourth-order valence-electron chi connectivity index (χ4n) is 4.54. The number of hydrogen-bond donors (Lipinski definition) is 1. The third kappa shape index (κ3) is 5.49. The van der Waals surface area contributed by atoms with Crippen molar-refractivity contribution in [3.05, 3.63) is 83.4 Å². The van der Waals surface area contributed by atoms with Crippen molar-refractivity contribution in [2.24, 2.45) is 0 Å². The Balaban J connectivity index is 1.58. The predicted molar refractivity (Wildman–Crippen MR) is 140 cm³/mol. The summed E-state index contributed by atoms with van der Waals surface area (Å²) < 4.78 is 39.0. The molecule has 0 saturated heterocycles. The molecule has 1 aliphatic rings. The Labute approximate surface area is 213 Å². The largest absolute Gasteiger partial charge is 0.493 e. The number of nitrogens with zero attached hydrogens (tertiary/aromatic N) is 1. The molecule has 3 aromatic carbocycles. The number of benzene rings is 3. The number of ether oxygens (including phenoxy) is 2. The first kappa shape index (κ1) is 25.6. The fraction of sp³-hybridized carbons (Fsp3) is 0.321. The van der Waals surface area contributed by atoms with E-state index in [4.69, 9.17) is 9.47 Å². The molecule has 0 heterocycles. The standard InChI is InChI=1S/C28H32N2O5S/c1-20(22-14-13-21-9-7-8-10-23(21)17-22)29-28(31)19-30(24-11-5-4-6-12-24)36(32,33)25-15-16-26(34-2)27(18-25)35-3/h4-6,11-18,20H,7-10,19H2,1-3H3,(H,29,31)/t20-/m1/s1. The van der Waals surface area contributed by atoms with Crippen molar-refractivity contribution in [1.29, 1.82) is 0 Å². The van der Waals surface area contributed by atoms with Crippen molar-refractivity contribution < 1.29 is 22.7 Å². The molecule has 0 saturated carbocycles. The van der Waals surface area contributed by atoms with Gasteiger partial charge in [-0.05, 0) is 73.6 Å². The molecule has 0 fully saturated rings. The summed E-state index contributed by atoms with van der Waals surface area (Å²) in [5.74, 6) is 0.310. The first-order chi connectivity index (χ1) is 17.3. The summed E-state index contributed by atoms with van der Waals surface area (Å²) in [6.07, 6.45) is 4.53. The first-order valence-corrected chi connectivity index (χ1v) is 13.5. The molecule has 0 aliphatic heterocycles. The van der Waals surface area contributed by atoms with Gasteiger partial charge in [0.25, 0.3) is 10.0 Å². The molecule has 0 aromatic heterocycles. The molecule has 36 heavy (non-hydrogen) atoms. The Morgan fingerprint density at radius 2 is 1.61 bits per heavy atom. The van der Waals surface area contributed by atoms with E-state index in [0.717, 1.165) is 22.7 Å². The minimum atomic E-state index is -4.08. The average Bonchev–Trinajstić information content (AvgIpc) is 2.91. The third-order valence-corrected chi connectivity index (χ3v) is 8.29. The van der Waals surface area contributed by atoms with Gasteiger partial charge in [-0.15, -0.1) is 0 Å². The minimum Gasteiger partial charge on any atom is -0.493 e. The highest BCUT2D eigenvalue weighted by Gasteiger charge is 2.29. The van der Waals surface area contributed by atoms with Gasteiger partial charge >= 0.3 is 0 Å². The number of carbonyl (C=O) groups excluding carboxylic acids is 1. The van der Waals surface area contributed by atoms with E-state index in [1.165, 1.54) is 56.4 Å². The number of nitrogens with one attached hydrogen (secondary N) is 1. The van der Waals surface area contributed by atoms with Gasteiger partial charge in [0.05, 0.1) is 30.8 Å². The van der Waals surface area contributed by atoms with E-state index in [0.29, 0.717) is 11.4 Å². The lowest BCUT2D eigenvalue weighted by atomic mass is 9.89. The number of hydrogen-bond acceptors (Lipinski definition) is 5. The molecule has 0 bridgehead atoms. The highest BCUT2D eigenvalue weighted by atomic mass is 32.2. The lowest BCUT2D eigenvalue weighted by molar-refractivity contribution is -0.120. The number of carbonyl (C=O) groups is 1. The van der Waals surface area contributed by atoms with Crippen LogP contribution in [0.1, 0.15) is 42.5 Å². The van der Waals surface area contributed by atoms with E-state index in [1.54, 1.807) is 30.3 Å². The van der Waals surface area contributed by atoms with Crippen molar-refractivity contribution >= 4 is 21.6 Å². The zero-order chi connectivity index (χ0) is 25.7. The SMILES string of the molecule is COc1ccc(S(=O)(=O)N(CC(=O)N[C@H](C)c2ccc3c(c2)CCCC3)c2ccccc2)cc1OC. The lowest BCUT2D eigenvalue weighted by Crippen LogP contribution is -2.41. The highest BCUT2D eigenvalue weighted by Crippen LogP contribution is 2.32. The molecule has 1 amide bonds. The Hall–Kier alpha value is -3.52. The van der Waals surface area contributed by atoms with Gasteiger partial charge in [0.1, 0.15) is 6.54 Å². The summed E-state index contributed by atoms with van der Waals surface area (Å²) >= 11 is 0. The summed E-state index contributed by atoms with van der Waals surface area (Å²) in [6.45, 7) is 1.55. The van der Waals surface area contributed by atoms with Gasteiger partial charge in [0, 0.05) is 6.07 Å². The molecular weight excluding hydrogens is 476 g/mol. The quantitative estimate of drug-likeness (QED) is 0.455. The number of rotatable bonds is 9. The van der Waals surface area contributed by atoms with E-state index in [-0.39, 0.29) is 23.2 Å². The number of fused-ring (bicyclic) bond motifs is 1. The van der Waals surface area contributed by atoms with E-state index in [1.807, 2.05) is 13.0 Å². The van der Waals surface area contributed by atoms with Crippen LogP contribution in [0.15, 0.2) is 71.6 Å². The molecule has 1 atom stereocenters. The van der Waals surface area contributed by atoms with Gasteiger partial charge < -0.3 is 14.8 Å². The molecule has 4 rings (SSSR count). The zero-order valence-electron chi connectivity index (χ0n) is 20.9. The average molecular weight is 509 g/mol. The van der Waals surface area contributed by atoms with Crippen molar-refractivity contribution in [2.45, 2.75) is 43.5 Å². The van der Waals surface area contributed by atoms with Crippen LogP contribution in [0, 0.1) is 0 Å². The van der Waals surface area contributed by atoms with Crippen molar-refractivity contribution in [3.63, 3.8) is 0 Å². The van der Waals surface area contributed by atoms with E-state index in [9.17, 15) is 13.2 Å². The molecule has 7 nitrogen and oxygen atoms in total. The number of sulfonamides is 1. The third-order valence-electron chi connectivity index (χ3n) is 6.52. The monoisotopic (exact) mass is 508 g/mol. The van der Waals surface area contributed by atoms with Crippen LogP contribution >= 0.6 is 0 Å². The van der Waals surface area contributed by atoms with E-state index in [2.05, 4.69) is 17.4 Å². The number of para-hydroxylation sites is 1. The van der Waals surface area contributed by atoms with Gasteiger partial charge in [-0.3, -0.25) is 9.10 Å². The van der Waals surface area contributed by atoms with E-state index < -0.39 is 15.9 Å². The van der Waals surface area contributed by atoms with Crippen molar-refractivity contribution in [2.75, 3.05) is 25.1 Å². The number of aryl methyl sites for hydroxylation is 2. The molecular formula is C28H32N2O5S. The maximum atomic E-state index is 13.7. The van der Waals surface area contributed by atoms with Gasteiger partial charge in [-0.1, -0.05) is 36.4 Å². The zero-order valence-corrected chi connectivity index (χ0v) is 21.7. The molecule has 0 spiro atoms. The Bertz CT molecular complexity index is 1330. The minimum absolute atomic E-state index is 0.000427. The Morgan fingerprint density at radius 1 is 0.917 bits per heavy atom. The molecule has 1 N–H and O–H groups in total. The predicted octanol–water partition coefficient (Wildman–Crippen LogP) is 4.66. The number of anilines is 1.